The highest BCUT2D eigenvalue weighted by Crippen LogP contribution is 2.24. The number of para-hydroxylation sites is 1. The maximum atomic E-state index is 11.9. The van der Waals surface area contributed by atoms with Crippen molar-refractivity contribution in [1.82, 2.24) is 5.32 Å². The van der Waals surface area contributed by atoms with E-state index in [1.165, 1.54) is 18.2 Å². The molecule has 0 bridgehead atoms. The van der Waals surface area contributed by atoms with Crippen LogP contribution >= 0.6 is 0 Å². The zero-order chi connectivity index (χ0) is 15.2. The van der Waals surface area contributed by atoms with E-state index < -0.39 is 0 Å². The van der Waals surface area contributed by atoms with Gasteiger partial charge >= 0.3 is 0 Å². The monoisotopic (exact) mass is 287 g/mol. The third-order valence-electron chi connectivity index (χ3n) is 3.11. The maximum absolute atomic E-state index is 11.9. The van der Waals surface area contributed by atoms with E-state index >= 15 is 0 Å². The SMILES string of the molecule is COc1ccccc1CCNC(=O)c1ccc(O)c(O)c1. The zero-order valence-electron chi connectivity index (χ0n) is 11.7. The molecule has 1 amide bonds. The van der Waals surface area contributed by atoms with Crippen molar-refractivity contribution in [3.8, 4) is 17.2 Å². The van der Waals surface area contributed by atoms with Crippen LogP contribution in [0.5, 0.6) is 17.2 Å². The molecule has 0 unspecified atom stereocenters. The molecule has 0 heterocycles. The van der Waals surface area contributed by atoms with Crippen molar-refractivity contribution in [2.24, 2.45) is 0 Å². The van der Waals surface area contributed by atoms with Gasteiger partial charge in [0.05, 0.1) is 7.11 Å². The summed E-state index contributed by atoms with van der Waals surface area (Å²) in [4.78, 5) is 11.9. The van der Waals surface area contributed by atoms with Gasteiger partial charge in [0.1, 0.15) is 5.75 Å². The van der Waals surface area contributed by atoms with Gasteiger partial charge in [-0.1, -0.05) is 18.2 Å². The number of carbonyl (C=O) groups excluding carboxylic acids is 1. The minimum absolute atomic E-state index is 0.249. The number of methoxy groups -OCH3 is 1. The van der Waals surface area contributed by atoms with Gasteiger partial charge in [0.15, 0.2) is 11.5 Å². The van der Waals surface area contributed by atoms with Crippen LogP contribution in [0.2, 0.25) is 0 Å². The van der Waals surface area contributed by atoms with E-state index in [1.807, 2.05) is 24.3 Å². The van der Waals surface area contributed by atoms with Crippen LogP contribution in [0.15, 0.2) is 42.5 Å². The second-order valence-electron chi connectivity index (χ2n) is 4.52. The highest BCUT2D eigenvalue weighted by Gasteiger charge is 2.09. The molecular weight excluding hydrogens is 270 g/mol. The summed E-state index contributed by atoms with van der Waals surface area (Å²) >= 11 is 0. The summed E-state index contributed by atoms with van der Waals surface area (Å²) in [5.41, 5.74) is 1.30. The number of benzene rings is 2. The van der Waals surface area contributed by atoms with Crippen molar-refractivity contribution >= 4 is 5.91 Å². The molecule has 21 heavy (non-hydrogen) atoms. The second kappa shape index (κ2) is 6.65. The van der Waals surface area contributed by atoms with E-state index in [4.69, 9.17) is 4.74 Å². The fourth-order valence-electron chi connectivity index (χ4n) is 1.99. The summed E-state index contributed by atoms with van der Waals surface area (Å²) in [6, 6.07) is 11.6. The van der Waals surface area contributed by atoms with Crippen molar-refractivity contribution in [2.45, 2.75) is 6.42 Å². The zero-order valence-corrected chi connectivity index (χ0v) is 11.7. The van der Waals surface area contributed by atoms with Gasteiger partial charge in [0.25, 0.3) is 5.91 Å². The lowest BCUT2D eigenvalue weighted by molar-refractivity contribution is 0.0953. The van der Waals surface area contributed by atoms with E-state index in [0.717, 1.165) is 11.3 Å². The molecule has 0 aliphatic heterocycles. The Morgan fingerprint density at radius 3 is 2.62 bits per heavy atom. The van der Waals surface area contributed by atoms with Crippen LogP contribution < -0.4 is 10.1 Å². The lowest BCUT2D eigenvalue weighted by Gasteiger charge is -2.09. The number of hydrogen-bond acceptors (Lipinski definition) is 4. The predicted octanol–water partition coefficient (Wildman–Crippen LogP) is 2.08. The van der Waals surface area contributed by atoms with Crippen LogP contribution in [0.25, 0.3) is 0 Å². The molecule has 0 saturated carbocycles. The minimum atomic E-state index is -0.313. The quantitative estimate of drug-likeness (QED) is 0.736. The lowest BCUT2D eigenvalue weighted by atomic mass is 10.1. The van der Waals surface area contributed by atoms with Gasteiger partial charge in [-0.05, 0) is 36.2 Å². The maximum Gasteiger partial charge on any atom is 0.251 e. The molecule has 5 heteroatoms. The number of phenols is 2. The molecule has 0 fully saturated rings. The number of nitrogens with one attached hydrogen (secondary N) is 1. The van der Waals surface area contributed by atoms with Gasteiger partial charge in [-0.25, -0.2) is 0 Å². The Morgan fingerprint density at radius 2 is 1.90 bits per heavy atom. The topological polar surface area (TPSA) is 78.8 Å². The van der Waals surface area contributed by atoms with Crippen LogP contribution in [0, 0.1) is 0 Å². The van der Waals surface area contributed by atoms with Gasteiger partial charge < -0.3 is 20.3 Å². The fourth-order valence-corrected chi connectivity index (χ4v) is 1.99. The van der Waals surface area contributed by atoms with Crippen molar-refractivity contribution < 1.29 is 19.7 Å². The minimum Gasteiger partial charge on any atom is -0.504 e. The molecule has 5 nitrogen and oxygen atoms in total. The Hall–Kier alpha value is -2.69. The molecule has 2 aromatic carbocycles. The summed E-state index contributed by atoms with van der Waals surface area (Å²) in [6.07, 6.45) is 0.639. The summed E-state index contributed by atoms with van der Waals surface area (Å²) < 4.78 is 5.24. The molecule has 2 aromatic rings. The van der Waals surface area contributed by atoms with Gasteiger partial charge in [0.2, 0.25) is 0 Å². The molecule has 0 aromatic heterocycles. The molecule has 0 atom stereocenters. The molecule has 0 radical (unpaired) electrons. The third-order valence-corrected chi connectivity index (χ3v) is 3.11. The molecule has 2 rings (SSSR count). The van der Waals surface area contributed by atoms with E-state index in [-0.39, 0.29) is 17.4 Å². The molecule has 0 saturated heterocycles. The molecular formula is C16H17NO4. The van der Waals surface area contributed by atoms with Crippen molar-refractivity contribution in [3.05, 3.63) is 53.6 Å². The van der Waals surface area contributed by atoms with Crippen molar-refractivity contribution in [2.75, 3.05) is 13.7 Å². The number of ether oxygens (including phenoxy) is 1. The first-order valence-electron chi connectivity index (χ1n) is 6.54. The van der Waals surface area contributed by atoms with Crippen LogP contribution in [0.3, 0.4) is 0 Å². The highest BCUT2D eigenvalue weighted by atomic mass is 16.5. The highest BCUT2D eigenvalue weighted by molar-refractivity contribution is 5.94. The van der Waals surface area contributed by atoms with Gasteiger partial charge in [-0.3, -0.25) is 4.79 Å². The molecule has 0 aliphatic rings. The Morgan fingerprint density at radius 1 is 1.14 bits per heavy atom. The lowest BCUT2D eigenvalue weighted by Crippen LogP contribution is -2.25. The predicted molar refractivity (Wildman–Crippen MR) is 78.8 cm³/mol. The number of aromatic hydroxyl groups is 2. The van der Waals surface area contributed by atoms with Gasteiger partial charge in [-0.15, -0.1) is 0 Å². The van der Waals surface area contributed by atoms with Gasteiger partial charge in [-0.2, -0.15) is 0 Å². The Balaban J connectivity index is 1.93. The van der Waals surface area contributed by atoms with Crippen LogP contribution in [-0.4, -0.2) is 29.8 Å². The number of amides is 1. The van der Waals surface area contributed by atoms with Crippen LogP contribution in [0.1, 0.15) is 15.9 Å². The fraction of sp³-hybridized carbons (Fsp3) is 0.188. The van der Waals surface area contributed by atoms with E-state index in [9.17, 15) is 15.0 Å². The average molecular weight is 287 g/mol. The first kappa shape index (κ1) is 14.7. The van der Waals surface area contributed by atoms with E-state index in [0.29, 0.717) is 18.5 Å². The largest absolute Gasteiger partial charge is 0.504 e. The van der Waals surface area contributed by atoms with Gasteiger partial charge in [0, 0.05) is 12.1 Å². The number of rotatable bonds is 5. The number of hydrogen-bond donors (Lipinski definition) is 3. The Kier molecular flexibility index (Phi) is 4.66. The average Bonchev–Trinajstić information content (AvgIpc) is 2.50. The number of phenolic OH excluding ortho intramolecular Hbond substituents is 2. The Labute approximate surface area is 122 Å². The van der Waals surface area contributed by atoms with Crippen molar-refractivity contribution in [1.29, 1.82) is 0 Å². The molecule has 110 valence electrons. The summed E-state index contributed by atoms with van der Waals surface area (Å²) in [6.45, 7) is 0.445. The smallest absolute Gasteiger partial charge is 0.251 e. The van der Waals surface area contributed by atoms with Crippen LogP contribution in [-0.2, 0) is 6.42 Å². The summed E-state index contributed by atoms with van der Waals surface area (Å²) in [5, 5.41) is 21.3. The standard InChI is InChI=1S/C16H17NO4/c1-21-15-5-3-2-4-11(15)8-9-17-16(20)12-6-7-13(18)14(19)10-12/h2-7,10,18-19H,8-9H2,1H3,(H,17,20). The first-order valence-corrected chi connectivity index (χ1v) is 6.54. The summed E-state index contributed by atoms with van der Waals surface area (Å²) in [7, 11) is 1.61. The normalized spacial score (nSPS) is 10.1. The van der Waals surface area contributed by atoms with E-state index in [1.54, 1.807) is 7.11 Å². The van der Waals surface area contributed by atoms with Crippen molar-refractivity contribution in [3.63, 3.8) is 0 Å². The second-order valence-corrected chi connectivity index (χ2v) is 4.52. The molecule has 0 spiro atoms. The third kappa shape index (κ3) is 3.66. The molecule has 3 N–H and O–H groups in total. The molecule has 0 aliphatic carbocycles. The van der Waals surface area contributed by atoms with Crippen LogP contribution in [0.4, 0.5) is 0 Å². The Bertz CT molecular complexity index is 640. The summed E-state index contributed by atoms with van der Waals surface area (Å²) in [5.74, 6) is -0.0813. The number of carbonyl (C=O) groups is 1. The first-order chi connectivity index (χ1) is 10.1. The van der Waals surface area contributed by atoms with E-state index in [2.05, 4.69) is 5.32 Å².